The molecule has 1 rings (SSSR count). The molecule has 0 heterocycles. The van der Waals surface area contributed by atoms with E-state index in [-0.39, 0.29) is 17.2 Å². The van der Waals surface area contributed by atoms with Crippen molar-refractivity contribution in [2.75, 3.05) is 0 Å². The minimum atomic E-state index is -0.603. The fourth-order valence-electron chi connectivity index (χ4n) is 1.41. The van der Waals surface area contributed by atoms with Gasteiger partial charge in [-0.25, -0.2) is 0 Å². The zero-order valence-electron chi connectivity index (χ0n) is 9.04. The number of hydrogen-bond donors (Lipinski definition) is 1. The lowest BCUT2D eigenvalue weighted by Gasteiger charge is -2.15. The molecule has 84 valence electrons. The van der Waals surface area contributed by atoms with Gasteiger partial charge in [0.25, 0.3) is 5.69 Å². The number of non-ortho nitro benzene ring substituents is 1. The molecule has 0 radical (unpaired) electrons. The third kappa shape index (κ3) is 2.35. The van der Waals surface area contributed by atoms with Crippen molar-refractivity contribution >= 4 is 5.69 Å². The zero-order chi connectivity index (χ0) is 12.3. The molecule has 0 saturated carbocycles. The predicted molar refractivity (Wildman–Crippen MR) is 57.9 cm³/mol. The second kappa shape index (κ2) is 4.73. The molecule has 16 heavy (non-hydrogen) atoms. The van der Waals surface area contributed by atoms with Gasteiger partial charge in [0.1, 0.15) is 0 Å². The van der Waals surface area contributed by atoms with E-state index in [4.69, 9.17) is 5.26 Å². The van der Waals surface area contributed by atoms with Gasteiger partial charge in [-0.2, -0.15) is 5.26 Å². The van der Waals surface area contributed by atoms with Gasteiger partial charge in [0, 0.05) is 18.1 Å². The molecule has 0 saturated heterocycles. The number of nitriles is 1. The maximum atomic E-state index is 10.5. The van der Waals surface area contributed by atoms with Crippen LogP contribution in [0.5, 0.6) is 0 Å². The van der Waals surface area contributed by atoms with Crippen molar-refractivity contribution in [3.05, 3.63) is 39.4 Å². The molecule has 0 spiro atoms. The Morgan fingerprint density at radius 3 is 2.56 bits per heavy atom. The van der Waals surface area contributed by atoms with Crippen LogP contribution in [0.3, 0.4) is 0 Å². The first-order chi connectivity index (χ1) is 7.47. The number of aliphatic hydroxyl groups excluding tert-OH is 1. The fourth-order valence-corrected chi connectivity index (χ4v) is 1.41. The second-order valence-corrected chi connectivity index (χ2v) is 3.67. The van der Waals surface area contributed by atoms with Gasteiger partial charge in [-0.1, -0.05) is 13.0 Å². The molecule has 2 atom stereocenters. The van der Waals surface area contributed by atoms with Crippen molar-refractivity contribution in [3.8, 4) is 6.07 Å². The smallest absolute Gasteiger partial charge is 0.270 e. The number of nitrogens with zero attached hydrogens (tertiary/aromatic N) is 2. The highest BCUT2D eigenvalue weighted by molar-refractivity contribution is 5.47. The summed E-state index contributed by atoms with van der Waals surface area (Å²) in [5.41, 5.74) is 0.754. The Labute approximate surface area is 93.1 Å². The third-order valence-electron chi connectivity index (χ3n) is 2.58. The van der Waals surface area contributed by atoms with Crippen LogP contribution in [0.1, 0.15) is 30.9 Å². The van der Waals surface area contributed by atoms with Crippen molar-refractivity contribution in [3.63, 3.8) is 0 Å². The standard InChI is InChI=1S/C11H12N2O3/c1-7(8(2)14)11-4-3-10(13(15)16)5-9(11)6-12/h3-5,7-8,14H,1-2H3. The van der Waals surface area contributed by atoms with Crippen LogP contribution in [0.2, 0.25) is 0 Å². The molecule has 1 aromatic rings. The summed E-state index contributed by atoms with van der Waals surface area (Å²) in [5, 5.41) is 28.9. The van der Waals surface area contributed by atoms with Gasteiger partial charge in [-0.05, 0) is 12.5 Å². The lowest BCUT2D eigenvalue weighted by atomic mass is 9.92. The SMILES string of the molecule is CC(O)C(C)c1ccc([N+](=O)[O-])cc1C#N. The van der Waals surface area contributed by atoms with Crippen LogP contribution in [-0.2, 0) is 0 Å². The molecule has 0 bridgehead atoms. The first kappa shape index (κ1) is 12.1. The second-order valence-electron chi connectivity index (χ2n) is 3.67. The normalized spacial score (nSPS) is 13.9. The topological polar surface area (TPSA) is 87.2 Å². The lowest BCUT2D eigenvalue weighted by Crippen LogP contribution is -2.12. The summed E-state index contributed by atoms with van der Waals surface area (Å²) in [6, 6.07) is 6.01. The van der Waals surface area contributed by atoms with Crippen molar-refractivity contribution in [2.24, 2.45) is 0 Å². The highest BCUT2D eigenvalue weighted by atomic mass is 16.6. The van der Waals surface area contributed by atoms with E-state index in [1.165, 1.54) is 18.2 Å². The Kier molecular flexibility index (Phi) is 3.59. The van der Waals surface area contributed by atoms with Crippen LogP contribution in [0, 0.1) is 21.4 Å². The van der Waals surface area contributed by atoms with Crippen molar-refractivity contribution < 1.29 is 10.0 Å². The first-order valence-electron chi connectivity index (χ1n) is 4.84. The van der Waals surface area contributed by atoms with E-state index in [0.717, 1.165) is 0 Å². The van der Waals surface area contributed by atoms with Gasteiger partial charge < -0.3 is 5.11 Å². The van der Waals surface area contributed by atoms with E-state index in [0.29, 0.717) is 5.56 Å². The number of rotatable bonds is 3. The molecule has 5 nitrogen and oxygen atoms in total. The molecular formula is C11H12N2O3. The molecule has 0 aliphatic carbocycles. The summed E-state index contributed by atoms with van der Waals surface area (Å²) in [7, 11) is 0. The van der Waals surface area contributed by atoms with Gasteiger partial charge >= 0.3 is 0 Å². The largest absolute Gasteiger partial charge is 0.393 e. The predicted octanol–water partition coefficient (Wildman–Crippen LogP) is 1.95. The van der Waals surface area contributed by atoms with Crippen LogP contribution < -0.4 is 0 Å². The average molecular weight is 220 g/mol. The van der Waals surface area contributed by atoms with Crippen LogP contribution in [0.25, 0.3) is 0 Å². The first-order valence-corrected chi connectivity index (χ1v) is 4.84. The summed E-state index contributed by atoms with van der Waals surface area (Å²) in [4.78, 5) is 9.99. The van der Waals surface area contributed by atoms with Gasteiger partial charge in [-0.15, -0.1) is 0 Å². The maximum absolute atomic E-state index is 10.5. The van der Waals surface area contributed by atoms with E-state index >= 15 is 0 Å². The quantitative estimate of drug-likeness (QED) is 0.623. The molecule has 0 fully saturated rings. The Hall–Kier alpha value is -1.93. The Morgan fingerprint density at radius 1 is 1.50 bits per heavy atom. The summed E-state index contributed by atoms with van der Waals surface area (Å²) in [5.74, 6) is -0.226. The molecule has 0 aliphatic heterocycles. The Morgan fingerprint density at radius 2 is 2.12 bits per heavy atom. The molecule has 5 heteroatoms. The van der Waals surface area contributed by atoms with E-state index in [1.807, 2.05) is 6.07 Å². The minimum Gasteiger partial charge on any atom is -0.393 e. The summed E-state index contributed by atoms with van der Waals surface area (Å²) in [6.45, 7) is 3.39. The van der Waals surface area contributed by atoms with Crippen molar-refractivity contribution in [1.29, 1.82) is 5.26 Å². The number of nitro groups is 1. The van der Waals surface area contributed by atoms with Gasteiger partial charge in [0.15, 0.2) is 0 Å². The third-order valence-corrected chi connectivity index (χ3v) is 2.58. The Balaban J connectivity index is 3.23. The molecule has 0 aromatic heterocycles. The van der Waals surface area contributed by atoms with Crippen LogP contribution >= 0.6 is 0 Å². The van der Waals surface area contributed by atoms with Crippen LogP contribution in [-0.4, -0.2) is 16.1 Å². The van der Waals surface area contributed by atoms with Crippen molar-refractivity contribution in [1.82, 2.24) is 0 Å². The number of nitro benzene ring substituents is 1. The maximum Gasteiger partial charge on any atom is 0.270 e. The number of aliphatic hydroxyl groups is 1. The molecule has 0 amide bonds. The van der Waals surface area contributed by atoms with E-state index in [1.54, 1.807) is 13.8 Å². The Bertz CT molecular complexity index is 449. The van der Waals surface area contributed by atoms with E-state index < -0.39 is 11.0 Å². The number of benzene rings is 1. The summed E-state index contributed by atoms with van der Waals surface area (Å²) in [6.07, 6.45) is -0.603. The molecule has 0 aliphatic rings. The van der Waals surface area contributed by atoms with Gasteiger partial charge in [0.05, 0.1) is 22.7 Å². The lowest BCUT2D eigenvalue weighted by molar-refractivity contribution is -0.384. The van der Waals surface area contributed by atoms with Gasteiger partial charge in [-0.3, -0.25) is 10.1 Å². The molecular weight excluding hydrogens is 208 g/mol. The van der Waals surface area contributed by atoms with E-state index in [9.17, 15) is 15.2 Å². The molecule has 1 N–H and O–H groups in total. The van der Waals surface area contributed by atoms with E-state index in [2.05, 4.69) is 0 Å². The van der Waals surface area contributed by atoms with Crippen LogP contribution in [0.4, 0.5) is 5.69 Å². The van der Waals surface area contributed by atoms with Gasteiger partial charge in [0.2, 0.25) is 0 Å². The summed E-state index contributed by atoms with van der Waals surface area (Å²) < 4.78 is 0. The summed E-state index contributed by atoms with van der Waals surface area (Å²) >= 11 is 0. The highest BCUT2D eigenvalue weighted by Crippen LogP contribution is 2.26. The molecule has 1 aromatic carbocycles. The monoisotopic (exact) mass is 220 g/mol. The average Bonchev–Trinajstić information content (AvgIpc) is 2.26. The fraction of sp³-hybridized carbons (Fsp3) is 0.364. The van der Waals surface area contributed by atoms with Crippen molar-refractivity contribution in [2.45, 2.75) is 25.9 Å². The molecule has 2 unspecified atom stereocenters. The zero-order valence-corrected chi connectivity index (χ0v) is 9.04. The van der Waals surface area contributed by atoms with Crippen LogP contribution in [0.15, 0.2) is 18.2 Å². The number of hydrogen-bond acceptors (Lipinski definition) is 4. The minimum absolute atomic E-state index is 0.113. The highest BCUT2D eigenvalue weighted by Gasteiger charge is 2.18.